The van der Waals surface area contributed by atoms with Crippen LogP contribution in [-0.2, 0) is 11.3 Å². The van der Waals surface area contributed by atoms with E-state index in [2.05, 4.69) is 40.4 Å². The van der Waals surface area contributed by atoms with Crippen LogP contribution in [0, 0.1) is 0 Å². The van der Waals surface area contributed by atoms with Gasteiger partial charge in [-0.1, -0.05) is 13.8 Å². The summed E-state index contributed by atoms with van der Waals surface area (Å²) in [5, 5.41) is 8.13. The molecule has 0 bridgehead atoms. The summed E-state index contributed by atoms with van der Waals surface area (Å²) in [4.78, 5) is 12.6. The van der Waals surface area contributed by atoms with E-state index in [-0.39, 0.29) is 5.91 Å². The van der Waals surface area contributed by atoms with Gasteiger partial charge in [0, 0.05) is 33.7 Å². The number of carbonyl (C=O) groups excluding carboxylic acids is 1. The highest BCUT2D eigenvalue weighted by atomic mass is 79.9. The lowest BCUT2D eigenvalue weighted by atomic mass is 10.3. The van der Waals surface area contributed by atoms with Gasteiger partial charge in [0.15, 0.2) is 0 Å². The summed E-state index contributed by atoms with van der Waals surface area (Å²) in [6.45, 7) is 5.50. The number of hydrogen-bond donors (Lipinski definition) is 2. The van der Waals surface area contributed by atoms with Crippen LogP contribution in [0.3, 0.4) is 0 Å². The van der Waals surface area contributed by atoms with Crippen LogP contribution in [0.25, 0.3) is 0 Å². The second-order valence-corrected chi connectivity index (χ2v) is 5.78. The van der Waals surface area contributed by atoms with Gasteiger partial charge in [0.1, 0.15) is 0 Å². The van der Waals surface area contributed by atoms with Gasteiger partial charge >= 0.3 is 0 Å². The van der Waals surface area contributed by atoms with Crippen LogP contribution in [0.5, 0.6) is 0 Å². The Morgan fingerprint density at radius 2 is 2.31 bits per heavy atom. The molecule has 0 spiro atoms. The summed E-state index contributed by atoms with van der Waals surface area (Å²) >= 11 is 5.03. The molecule has 2 N–H and O–H groups in total. The van der Waals surface area contributed by atoms with Gasteiger partial charge in [-0.15, -0.1) is 11.3 Å². The van der Waals surface area contributed by atoms with E-state index in [1.165, 1.54) is 0 Å². The lowest BCUT2D eigenvalue weighted by molar-refractivity contribution is -0.121. The van der Waals surface area contributed by atoms with E-state index in [0.717, 1.165) is 15.9 Å². The van der Waals surface area contributed by atoms with Crippen molar-refractivity contribution in [2.75, 3.05) is 6.54 Å². The molecule has 0 fully saturated rings. The maximum atomic E-state index is 11.4. The van der Waals surface area contributed by atoms with Crippen LogP contribution in [0.1, 0.15) is 25.1 Å². The van der Waals surface area contributed by atoms with E-state index >= 15 is 0 Å². The van der Waals surface area contributed by atoms with Gasteiger partial charge in [0.05, 0.1) is 6.54 Å². The minimum absolute atomic E-state index is 0.0951. The maximum absolute atomic E-state index is 11.4. The summed E-state index contributed by atoms with van der Waals surface area (Å²) in [7, 11) is 0. The molecular formula is C11H17BrN2OS. The van der Waals surface area contributed by atoms with Gasteiger partial charge in [-0.05, 0) is 22.0 Å². The second kappa shape index (κ2) is 7.04. The third kappa shape index (κ3) is 5.63. The molecule has 0 aromatic carbocycles. The molecule has 0 saturated heterocycles. The fraction of sp³-hybridized carbons (Fsp3) is 0.545. The number of halogens is 1. The van der Waals surface area contributed by atoms with E-state index in [9.17, 15) is 4.79 Å². The number of hydrogen-bond acceptors (Lipinski definition) is 3. The molecule has 0 saturated carbocycles. The quantitative estimate of drug-likeness (QED) is 0.848. The molecule has 0 aliphatic heterocycles. The highest BCUT2D eigenvalue weighted by molar-refractivity contribution is 9.10. The summed E-state index contributed by atoms with van der Waals surface area (Å²) in [6.07, 6.45) is 0.532. The van der Waals surface area contributed by atoms with Crippen LogP contribution in [-0.4, -0.2) is 18.5 Å². The zero-order valence-corrected chi connectivity index (χ0v) is 12.0. The van der Waals surface area contributed by atoms with Crippen LogP contribution in [0.4, 0.5) is 0 Å². The van der Waals surface area contributed by atoms with Crippen molar-refractivity contribution < 1.29 is 4.79 Å². The first-order chi connectivity index (χ1) is 7.58. The van der Waals surface area contributed by atoms with Crippen molar-refractivity contribution in [3.8, 4) is 0 Å². The molecule has 1 rings (SSSR count). The van der Waals surface area contributed by atoms with Crippen molar-refractivity contribution in [3.05, 3.63) is 20.8 Å². The normalized spacial score (nSPS) is 10.8. The Bertz CT molecular complexity index is 338. The van der Waals surface area contributed by atoms with E-state index in [1.807, 2.05) is 11.4 Å². The van der Waals surface area contributed by atoms with Crippen LogP contribution < -0.4 is 10.6 Å². The molecule has 1 amide bonds. The van der Waals surface area contributed by atoms with Crippen LogP contribution in [0.15, 0.2) is 15.9 Å². The molecule has 0 aliphatic carbocycles. The Labute approximate surface area is 109 Å². The summed E-state index contributed by atoms with van der Waals surface area (Å²) in [6, 6.07) is 2.46. The number of amides is 1. The van der Waals surface area contributed by atoms with E-state index in [0.29, 0.717) is 19.0 Å². The lowest BCUT2D eigenvalue weighted by Crippen LogP contribution is -2.30. The summed E-state index contributed by atoms with van der Waals surface area (Å²) in [5.41, 5.74) is 0. The number of rotatable bonds is 6. The van der Waals surface area contributed by atoms with Gasteiger partial charge in [0.2, 0.25) is 5.91 Å². The minimum atomic E-state index is 0.0951. The fourth-order valence-electron chi connectivity index (χ4n) is 1.19. The molecule has 0 unspecified atom stereocenters. The largest absolute Gasteiger partial charge is 0.351 e. The molecule has 3 nitrogen and oxygen atoms in total. The van der Waals surface area contributed by atoms with E-state index in [4.69, 9.17) is 0 Å². The Balaban J connectivity index is 2.15. The van der Waals surface area contributed by atoms with E-state index < -0.39 is 0 Å². The van der Waals surface area contributed by atoms with Gasteiger partial charge in [-0.25, -0.2) is 0 Å². The second-order valence-electron chi connectivity index (χ2n) is 3.87. The maximum Gasteiger partial charge on any atom is 0.221 e. The third-order valence-electron chi connectivity index (χ3n) is 1.99. The van der Waals surface area contributed by atoms with Crippen LogP contribution >= 0.6 is 27.3 Å². The van der Waals surface area contributed by atoms with Crippen molar-refractivity contribution >= 4 is 33.2 Å². The first-order valence-corrected chi connectivity index (χ1v) is 6.98. The third-order valence-corrected chi connectivity index (χ3v) is 3.68. The highest BCUT2D eigenvalue weighted by Gasteiger charge is 2.03. The molecule has 0 radical (unpaired) electrons. The Morgan fingerprint density at radius 3 is 2.88 bits per heavy atom. The Kier molecular flexibility index (Phi) is 6.01. The average Bonchev–Trinajstić information content (AvgIpc) is 2.61. The molecule has 0 aliphatic rings. The van der Waals surface area contributed by atoms with E-state index in [1.54, 1.807) is 11.3 Å². The van der Waals surface area contributed by atoms with Gasteiger partial charge < -0.3 is 10.6 Å². The van der Waals surface area contributed by atoms with Crippen molar-refractivity contribution in [2.24, 2.45) is 0 Å². The van der Waals surface area contributed by atoms with Crippen molar-refractivity contribution in [2.45, 2.75) is 32.9 Å². The molecule has 16 heavy (non-hydrogen) atoms. The first-order valence-electron chi connectivity index (χ1n) is 5.31. The van der Waals surface area contributed by atoms with Crippen molar-refractivity contribution in [3.63, 3.8) is 0 Å². The molecule has 90 valence electrons. The van der Waals surface area contributed by atoms with Crippen molar-refractivity contribution in [1.29, 1.82) is 0 Å². The fourth-order valence-corrected chi connectivity index (χ4v) is 2.59. The summed E-state index contributed by atoms with van der Waals surface area (Å²) in [5.74, 6) is 0.0951. The molecule has 1 heterocycles. The van der Waals surface area contributed by atoms with Gasteiger partial charge in [-0.2, -0.15) is 0 Å². The summed E-state index contributed by atoms with van der Waals surface area (Å²) < 4.78 is 1.07. The Morgan fingerprint density at radius 1 is 1.56 bits per heavy atom. The first kappa shape index (κ1) is 13.7. The molecule has 1 aromatic heterocycles. The minimum Gasteiger partial charge on any atom is -0.351 e. The average molecular weight is 305 g/mol. The highest BCUT2D eigenvalue weighted by Crippen LogP contribution is 2.19. The zero-order valence-electron chi connectivity index (χ0n) is 9.55. The molecule has 1 aromatic rings. The molecule has 0 atom stereocenters. The monoisotopic (exact) mass is 304 g/mol. The zero-order chi connectivity index (χ0) is 12.0. The number of nitrogens with one attached hydrogen (secondary N) is 2. The SMILES string of the molecule is CC(C)NCCC(=O)NCc1cc(Br)cs1. The lowest BCUT2D eigenvalue weighted by Gasteiger charge is -2.07. The number of carbonyl (C=O) groups is 1. The predicted octanol–water partition coefficient (Wildman–Crippen LogP) is 2.51. The van der Waals surface area contributed by atoms with Gasteiger partial charge in [0.25, 0.3) is 0 Å². The molecular weight excluding hydrogens is 288 g/mol. The smallest absolute Gasteiger partial charge is 0.221 e. The van der Waals surface area contributed by atoms with Gasteiger partial charge in [-0.3, -0.25) is 4.79 Å². The van der Waals surface area contributed by atoms with Crippen LogP contribution in [0.2, 0.25) is 0 Å². The number of thiophene rings is 1. The Hall–Kier alpha value is -0.390. The predicted molar refractivity (Wildman–Crippen MR) is 71.6 cm³/mol. The van der Waals surface area contributed by atoms with Crippen molar-refractivity contribution in [1.82, 2.24) is 10.6 Å². The standard InChI is InChI=1S/C11H17BrN2OS/c1-8(2)13-4-3-11(15)14-6-10-5-9(12)7-16-10/h5,7-8,13H,3-4,6H2,1-2H3,(H,14,15). The molecule has 5 heteroatoms. The topological polar surface area (TPSA) is 41.1 Å².